The molecule has 0 radical (unpaired) electrons. The molecule has 3 aromatic rings. The van der Waals surface area contributed by atoms with Gasteiger partial charge in [0.25, 0.3) is 0 Å². The van der Waals surface area contributed by atoms with Gasteiger partial charge in [0.05, 0.1) is 11.9 Å². The van der Waals surface area contributed by atoms with E-state index in [1.54, 1.807) is 12.3 Å². The summed E-state index contributed by atoms with van der Waals surface area (Å²) in [6.45, 7) is 4.13. The molecule has 0 unspecified atom stereocenters. The summed E-state index contributed by atoms with van der Waals surface area (Å²) < 4.78 is 18.9. The minimum absolute atomic E-state index is 0.278. The first-order valence-electron chi connectivity index (χ1n) is 7.09. The second kappa shape index (κ2) is 5.98. The number of nitrogens with zero attached hydrogens (tertiary/aromatic N) is 1. The Morgan fingerprint density at radius 2 is 1.82 bits per heavy atom. The van der Waals surface area contributed by atoms with Crippen molar-refractivity contribution in [3.63, 3.8) is 0 Å². The van der Waals surface area contributed by atoms with Crippen molar-refractivity contribution in [2.45, 2.75) is 13.8 Å². The molecular formula is C19H16FNO. The van der Waals surface area contributed by atoms with E-state index in [2.05, 4.69) is 18.8 Å². The molecule has 0 saturated heterocycles. The minimum Gasteiger partial charge on any atom is -0.455 e. The standard InChI is InChI=1S/C19H16FNO/c1-13-6-7-17(10-14(13)2)21-12-18-8-9-19(22-18)15-4-3-5-16(20)11-15/h3-12H,1-2H3. The quantitative estimate of drug-likeness (QED) is 0.589. The Bertz CT molecular complexity index is 833. The van der Waals surface area contributed by atoms with Crippen LogP contribution in [0.1, 0.15) is 16.9 Å². The smallest absolute Gasteiger partial charge is 0.145 e. The lowest BCUT2D eigenvalue weighted by atomic mass is 10.1. The van der Waals surface area contributed by atoms with E-state index in [1.165, 1.54) is 23.3 Å². The van der Waals surface area contributed by atoms with E-state index in [9.17, 15) is 4.39 Å². The number of hydrogen-bond acceptors (Lipinski definition) is 2. The molecule has 2 aromatic carbocycles. The summed E-state index contributed by atoms with van der Waals surface area (Å²) in [4.78, 5) is 4.41. The average molecular weight is 293 g/mol. The highest BCUT2D eigenvalue weighted by atomic mass is 19.1. The molecule has 1 heterocycles. The second-order valence-corrected chi connectivity index (χ2v) is 5.24. The van der Waals surface area contributed by atoms with Gasteiger partial charge in [-0.2, -0.15) is 0 Å². The number of aryl methyl sites for hydroxylation is 2. The van der Waals surface area contributed by atoms with Gasteiger partial charge in [0.1, 0.15) is 17.3 Å². The molecule has 110 valence electrons. The molecule has 0 N–H and O–H groups in total. The number of benzene rings is 2. The van der Waals surface area contributed by atoms with Crippen molar-refractivity contribution < 1.29 is 8.81 Å². The summed E-state index contributed by atoms with van der Waals surface area (Å²) >= 11 is 0. The third-order valence-corrected chi connectivity index (χ3v) is 3.57. The van der Waals surface area contributed by atoms with Crippen LogP contribution in [0.4, 0.5) is 10.1 Å². The van der Waals surface area contributed by atoms with E-state index in [4.69, 9.17) is 4.42 Å². The number of hydrogen-bond donors (Lipinski definition) is 0. The van der Waals surface area contributed by atoms with Gasteiger partial charge in [-0.05, 0) is 61.4 Å². The van der Waals surface area contributed by atoms with Gasteiger partial charge < -0.3 is 4.42 Å². The maximum atomic E-state index is 13.2. The molecule has 0 saturated carbocycles. The molecule has 0 bridgehead atoms. The van der Waals surface area contributed by atoms with Crippen LogP contribution in [-0.4, -0.2) is 6.21 Å². The number of halogens is 1. The molecule has 0 fully saturated rings. The third kappa shape index (κ3) is 3.14. The van der Waals surface area contributed by atoms with Gasteiger partial charge in [-0.3, -0.25) is 4.99 Å². The maximum Gasteiger partial charge on any atom is 0.145 e. The molecule has 1 aromatic heterocycles. The van der Waals surface area contributed by atoms with E-state index in [0.717, 1.165) is 5.69 Å². The highest BCUT2D eigenvalue weighted by Crippen LogP contribution is 2.23. The van der Waals surface area contributed by atoms with Gasteiger partial charge in [-0.25, -0.2) is 4.39 Å². The molecule has 0 spiro atoms. The van der Waals surface area contributed by atoms with E-state index in [-0.39, 0.29) is 5.82 Å². The van der Waals surface area contributed by atoms with Gasteiger partial charge in [-0.1, -0.05) is 18.2 Å². The fourth-order valence-electron chi connectivity index (χ4n) is 2.16. The highest BCUT2D eigenvalue weighted by molar-refractivity contribution is 5.80. The van der Waals surface area contributed by atoms with Crippen molar-refractivity contribution in [1.29, 1.82) is 0 Å². The van der Waals surface area contributed by atoms with Crippen LogP contribution < -0.4 is 0 Å². The summed E-state index contributed by atoms with van der Waals surface area (Å²) in [6, 6.07) is 16.0. The largest absolute Gasteiger partial charge is 0.455 e. The molecular weight excluding hydrogens is 277 g/mol. The Morgan fingerprint density at radius 3 is 2.59 bits per heavy atom. The molecule has 2 nitrogen and oxygen atoms in total. The summed E-state index contributed by atoms with van der Waals surface area (Å²) in [5.41, 5.74) is 4.04. The zero-order valence-electron chi connectivity index (χ0n) is 12.5. The van der Waals surface area contributed by atoms with Crippen molar-refractivity contribution in [3.05, 3.63) is 77.3 Å². The lowest BCUT2D eigenvalue weighted by Crippen LogP contribution is -1.80. The monoisotopic (exact) mass is 293 g/mol. The van der Waals surface area contributed by atoms with Crippen LogP contribution in [0.2, 0.25) is 0 Å². The van der Waals surface area contributed by atoms with Crippen LogP contribution in [0.25, 0.3) is 11.3 Å². The van der Waals surface area contributed by atoms with E-state index in [0.29, 0.717) is 17.1 Å². The predicted molar refractivity (Wildman–Crippen MR) is 87.3 cm³/mol. The van der Waals surface area contributed by atoms with Gasteiger partial charge >= 0.3 is 0 Å². The van der Waals surface area contributed by atoms with Crippen LogP contribution in [0, 0.1) is 19.7 Å². The molecule has 3 rings (SSSR count). The molecule has 0 amide bonds. The maximum absolute atomic E-state index is 13.2. The average Bonchev–Trinajstić information content (AvgIpc) is 2.97. The highest BCUT2D eigenvalue weighted by Gasteiger charge is 2.04. The molecule has 0 atom stereocenters. The summed E-state index contributed by atoms with van der Waals surface area (Å²) in [5, 5.41) is 0. The number of rotatable bonds is 3. The summed E-state index contributed by atoms with van der Waals surface area (Å²) in [7, 11) is 0. The van der Waals surface area contributed by atoms with Crippen molar-refractivity contribution >= 4 is 11.9 Å². The number of aliphatic imine (C=N–C) groups is 1. The van der Waals surface area contributed by atoms with Gasteiger partial charge in [0.2, 0.25) is 0 Å². The van der Waals surface area contributed by atoms with E-state index in [1.807, 2.05) is 36.4 Å². The predicted octanol–water partition coefficient (Wildman–Crippen LogP) is 5.45. The normalized spacial score (nSPS) is 11.2. The lowest BCUT2D eigenvalue weighted by Gasteiger charge is -2.00. The van der Waals surface area contributed by atoms with Crippen LogP contribution >= 0.6 is 0 Å². The first-order valence-corrected chi connectivity index (χ1v) is 7.09. The van der Waals surface area contributed by atoms with E-state index >= 15 is 0 Å². The Labute approximate surface area is 128 Å². The Balaban J connectivity index is 1.82. The van der Waals surface area contributed by atoms with Crippen molar-refractivity contribution in [2.24, 2.45) is 4.99 Å². The Morgan fingerprint density at radius 1 is 0.955 bits per heavy atom. The SMILES string of the molecule is Cc1ccc(N=Cc2ccc(-c3cccc(F)c3)o2)cc1C. The number of furan rings is 1. The van der Waals surface area contributed by atoms with Crippen molar-refractivity contribution in [3.8, 4) is 11.3 Å². The van der Waals surface area contributed by atoms with Gasteiger partial charge in [-0.15, -0.1) is 0 Å². The fraction of sp³-hybridized carbons (Fsp3) is 0.105. The molecule has 3 heteroatoms. The van der Waals surface area contributed by atoms with Crippen LogP contribution in [0.3, 0.4) is 0 Å². The van der Waals surface area contributed by atoms with Crippen molar-refractivity contribution in [1.82, 2.24) is 0 Å². The fourth-order valence-corrected chi connectivity index (χ4v) is 2.16. The minimum atomic E-state index is -0.278. The Kier molecular flexibility index (Phi) is 3.88. The topological polar surface area (TPSA) is 25.5 Å². The van der Waals surface area contributed by atoms with Crippen LogP contribution in [0.5, 0.6) is 0 Å². The molecule has 0 aliphatic heterocycles. The van der Waals surface area contributed by atoms with E-state index < -0.39 is 0 Å². The van der Waals surface area contributed by atoms with Gasteiger partial charge in [0, 0.05) is 5.56 Å². The summed E-state index contributed by atoms with van der Waals surface area (Å²) in [6.07, 6.45) is 1.67. The zero-order valence-corrected chi connectivity index (χ0v) is 12.5. The first kappa shape index (κ1) is 14.3. The first-order chi connectivity index (χ1) is 10.6. The van der Waals surface area contributed by atoms with Crippen molar-refractivity contribution in [2.75, 3.05) is 0 Å². The molecule has 22 heavy (non-hydrogen) atoms. The van der Waals surface area contributed by atoms with Crippen LogP contribution in [-0.2, 0) is 0 Å². The lowest BCUT2D eigenvalue weighted by molar-refractivity contribution is 0.573. The van der Waals surface area contributed by atoms with Crippen LogP contribution in [0.15, 0.2) is 64.0 Å². The Hall–Kier alpha value is -2.68. The third-order valence-electron chi connectivity index (χ3n) is 3.57. The van der Waals surface area contributed by atoms with Gasteiger partial charge in [0.15, 0.2) is 0 Å². The molecule has 0 aliphatic carbocycles. The second-order valence-electron chi connectivity index (χ2n) is 5.24. The zero-order chi connectivity index (χ0) is 15.5. The summed E-state index contributed by atoms with van der Waals surface area (Å²) in [5.74, 6) is 0.984. The molecule has 0 aliphatic rings.